The molecule has 1 heterocycles. The lowest BCUT2D eigenvalue weighted by atomic mass is 9.75. The lowest BCUT2D eigenvalue weighted by molar-refractivity contribution is -0.384. The Bertz CT molecular complexity index is 675. The number of benzene rings is 1. The number of aromatic amines is 1. The Kier molecular flexibility index (Phi) is 3.29. The molecule has 112 valence electrons. The maximum Gasteiger partial charge on any atom is 0.271 e. The summed E-state index contributed by atoms with van der Waals surface area (Å²) in [7, 11) is 4.20. The van der Waals surface area contributed by atoms with Gasteiger partial charge >= 0.3 is 0 Å². The number of hydrogen-bond donors (Lipinski definition) is 2. The van der Waals surface area contributed by atoms with Gasteiger partial charge in [-0.3, -0.25) is 10.1 Å². The Morgan fingerprint density at radius 2 is 2.24 bits per heavy atom. The van der Waals surface area contributed by atoms with Crippen LogP contribution in [0.15, 0.2) is 18.2 Å². The van der Waals surface area contributed by atoms with E-state index in [1.165, 1.54) is 31.4 Å². The normalized spacial score (nSPS) is 16.9. The predicted molar refractivity (Wildman–Crippen MR) is 81.5 cm³/mol. The van der Waals surface area contributed by atoms with Crippen molar-refractivity contribution in [3.8, 4) is 0 Å². The summed E-state index contributed by atoms with van der Waals surface area (Å²) in [5.74, 6) is 0.665. The van der Waals surface area contributed by atoms with E-state index in [1.54, 1.807) is 6.07 Å². The van der Waals surface area contributed by atoms with Crippen LogP contribution < -0.4 is 5.32 Å². The van der Waals surface area contributed by atoms with Crippen LogP contribution in [-0.2, 0) is 0 Å². The summed E-state index contributed by atoms with van der Waals surface area (Å²) in [6.45, 7) is 0.821. The van der Waals surface area contributed by atoms with E-state index in [2.05, 4.69) is 34.3 Å². The topological polar surface area (TPSA) is 87.1 Å². The number of H-pyrrole nitrogens is 1. The zero-order chi connectivity index (χ0) is 15.0. The largest absolute Gasteiger partial charge is 0.354 e. The Hall–Kier alpha value is -2.15. The number of hydrogen-bond acceptors (Lipinski definition) is 5. The van der Waals surface area contributed by atoms with Crippen LogP contribution >= 0.6 is 0 Å². The van der Waals surface area contributed by atoms with Gasteiger partial charge in [-0.2, -0.15) is 0 Å². The summed E-state index contributed by atoms with van der Waals surface area (Å²) in [5.41, 5.74) is 1.68. The second-order valence-electron chi connectivity index (χ2n) is 5.87. The highest BCUT2D eigenvalue weighted by atomic mass is 16.6. The SMILES string of the molecule is CN(C)C1(CNc2nc3ccc([N+](=O)[O-])cc3[nH]2)CCC1. The molecule has 7 heteroatoms. The van der Waals surface area contributed by atoms with Crippen molar-refractivity contribution in [3.05, 3.63) is 28.3 Å². The van der Waals surface area contributed by atoms with Crippen LogP contribution in [0.5, 0.6) is 0 Å². The number of rotatable bonds is 5. The summed E-state index contributed by atoms with van der Waals surface area (Å²) in [4.78, 5) is 20.2. The van der Waals surface area contributed by atoms with E-state index in [4.69, 9.17) is 0 Å². The van der Waals surface area contributed by atoms with Crippen LogP contribution in [0.4, 0.5) is 11.6 Å². The van der Waals surface area contributed by atoms with Crippen molar-refractivity contribution in [1.82, 2.24) is 14.9 Å². The molecule has 0 radical (unpaired) electrons. The average molecular weight is 289 g/mol. The smallest absolute Gasteiger partial charge is 0.271 e. The monoisotopic (exact) mass is 289 g/mol. The van der Waals surface area contributed by atoms with Crippen molar-refractivity contribution in [3.63, 3.8) is 0 Å². The molecule has 21 heavy (non-hydrogen) atoms. The number of aromatic nitrogens is 2. The molecule has 0 aliphatic heterocycles. The van der Waals surface area contributed by atoms with Gasteiger partial charge in [0.25, 0.3) is 5.69 Å². The highest BCUT2D eigenvalue weighted by molar-refractivity contribution is 5.79. The van der Waals surface area contributed by atoms with Gasteiger partial charge in [-0.1, -0.05) is 0 Å². The fraction of sp³-hybridized carbons (Fsp3) is 0.500. The quantitative estimate of drug-likeness (QED) is 0.651. The van der Waals surface area contributed by atoms with Gasteiger partial charge in [-0.25, -0.2) is 4.98 Å². The molecule has 0 amide bonds. The van der Waals surface area contributed by atoms with Gasteiger partial charge in [-0.15, -0.1) is 0 Å². The summed E-state index contributed by atoms with van der Waals surface area (Å²) in [6, 6.07) is 4.65. The fourth-order valence-electron chi connectivity index (χ4n) is 2.81. The van der Waals surface area contributed by atoms with E-state index in [9.17, 15) is 10.1 Å². The Labute approximate surface area is 122 Å². The molecule has 1 aliphatic carbocycles. The number of nitrogens with one attached hydrogen (secondary N) is 2. The highest BCUT2D eigenvalue weighted by Gasteiger charge is 2.38. The molecule has 1 aliphatic rings. The van der Waals surface area contributed by atoms with Crippen LogP contribution in [0.1, 0.15) is 19.3 Å². The van der Waals surface area contributed by atoms with E-state index in [0.717, 1.165) is 12.1 Å². The van der Waals surface area contributed by atoms with Crippen LogP contribution in [0, 0.1) is 10.1 Å². The average Bonchev–Trinajstić information content (AvgIpc) is 2.78. The molecular formula is C14H19N5O2. The third kappa shape index (κ3) is 2.44. The molecule has 2 aromatic rings. The number of anilines is 1. The van der Waals surface area contributed by atoms with Crippen molar-refractivity contribution in [2.24, 2.45) is 0 Å². The molecule has 1 aromatic carbocycles. The Morgan fingerprint density at radius 1 is 1.48 bits per heavy atom. The van der Waals surface area contributed by atoms with Crippen molar-refractivity contribution < 1.29 is 4.92 Å². The minimum absolute atomic E-state index is 0.0708. The number of likely N-dealkylation sites (N-methyl/N-ethyl adjacent to an activating group) is 1. The molecule has 1 saturated carbocycles. The maximum absolute atomic E-state index is 10.8. The minimum Gasteiger partial charge on any atom is -0.354 e. The predicted octanol–water partition coefficient (Wildman–Crippen LogP) is 2.37. The number of imidazole rings is 1. The molecule has 0 unspecified atom stereocenters. The summed E-state index contributed by atoms with van der Waals surface area (Å²) in [5, 5.41) is 14.1. The minimum atomic E-state index is -0.400. The maximum atomic E-state index is 10.8. The van der Waals surface area contributed by atoms with Crippen molar-refractivity contribution in [2.75, 3.05) is 26.0 Å². The van der Waals surface area contributed by atoms with Gasteiger partial charge < -0.3 is 15.2 Å². The van der Waals surface area contributed by atoms with Crippen LogP contribution in [0.3, 0.4) is 0 Å². The number of fused-ring (bicyclic) bond motifs is 1. The molecule has 1 aromatic heterocycles. The second kappa shape index (κ2) is 5.00. The number of nitrogens with zero attached hydrogens (tertiary/aromatic N) is 3. The van der Waals surface area contributed by atoms with Gasteiger partial charge in [0, 0.05) is 24.2 Å². The van der Waals surface area contributed by atoms with E-state index < -0.39 is 4.92 Å². The summed E-state index contributed by atoms with van der Waals surface area (Å²) in [6.07, 6.45) is 3.61. The summed E-state index contributed by atoms with van der Waals surface area (Å²) < 4.78 is 0. The number of nitro groups is 1. The van der Waals surface area contributed by atoms with Crippen molar-refractivity contribution in [1.29, 1.82) is 0 Å². The zero-order valence-electron chi connectivity index (χ0n) is 12.2. The molecule has 0 atom stereocenters. The molecular weight excluding hydrogens is 270 g/mol. The molecule has 0 bridgehead atoms. The van der Waals surface area contributed by atoms with E-state index >= 15 is 0 Å². The van der Waals surface area contributed by atoms with Crippen LogP contribution in [0.2, 0.25) is 0 Å². The molecule has 7 nitrogen and oxygen atoms in total. The first-order chi connectivity index (χ1) is 10.00. The first-order valence-corrected chi connectivity index (χ1v) is 7.06. The highest BCUT2D eigenvalue weighted by Crippen LogP contribution is 2.36. The second-order valence-corrected chi connectivity index (χ2v) is 5.87. The van der Waals surface area contributed by atoms with Gasteiger partial charge in [0.15, 0.2) is 0 Å². The fourth-order valence-corrected chi connectivity index (χ4v) is 2.81. The number of non-ortho nitro benzene ring substituents is 1. The van der Waals surface area contributed by atoms with Gasteiger partial charge in [-0.05, 0) is 39.4 Å². The molecule has 0 spiro atoms. The third-order valence-electron chi connectivity index (χ3n) is 4.49. The Balaban J connectivity index is 1.77. The molecule has 3 rings (SSSR count). The van der Waals surface area contributed by atoms with Gasteiger partial charge in [0.2, 0.25) is 5.95 Å². The lowest BCUT2D eigenvalue weighted by Crippen LogP contribution is -2.54. The van der Waals surface area contributed by atoms with E-state index in [1.807, 2.05) is 0 Å². The van der Waals surface area contributed by atoms with Gasteiger partial charge in [0.1, 0.15) is 0 Å². The number of nitro benzene ring substituents is 1. The van der Waals surface area contributed by atoms with Gasteiger partial charge in [0.05, 0.1) is 16.0 Å². The first kappa shape index (κ1) is 13.8. The van der Waals surface area contributed by atoms with Crippen LogP contribution in [-0.4, -0.2) is 46.0 Å². The van der Waals surface area contributed by atoms with E-state index in [-0.39, 0.29) is 11.2 Å². The molecule has 1 fully saturated rings. The first-order valence-electron chi connectivity index (χ1n) is 7.06. The molecule has 0 saturated heterocycles. The standard InChI is InChI=1S/C14H19N5O2/c1-18(2)14(6-3-7-14)9-15-13-16-11-5-4-10(19(20)21)8-12(11)17-13/h4-5,8H,3,6-7,9H2,1-2H3,(H2,15,16,17). The Morgan fingerprint density at radius 3 is 2.81 bits per heavy atom. The third-order valence-corrected chi connectivity index (χ3v) is 4.49. The van der Waals surface area contributed by atoms with Crippen molar-refractivity contribution in [2.45, 2.75) is 24.8 Å². The zero-order valence-corrected chi connectivity index (χ0v) is 12.2. The van der Waals surface area contributed by atoms with Crippen LogP contribution in [0.25, 0.3) is 11.0 Å². The van der Waals surface area contributed by atoms with E-state index in [0.29, 0.717) is 11.5 Å². The van der Waals surface area contributed by atoms with Crippen molar-refractivity contribution >= 4 is 22.7 Å². The molecule has 2 N–H and O–H groups in total. The summed E-state index contributed by atoms with van der Waals surface area (Å²) >= 11 is 0. The lowest BCUT2D eigenvalue weighted by Gasteiger charge is -2.47.